The van der Waals surface area contributed by atoms with Crippen LogP contribution in [0, 0.1) is 6.92 Å². The highest BCUT2D eigenvalue weighted by Gasteiger charge is 2.09. The molecule has 0 aliphatic rings. The number of para-hydroxylation sites is 1. The van der Waals surface area contributed by atoms with Crippen LogP contribution in [0.15, 0.2) is 42.6 Å². The van der Waals surface area contributed by atoms with Crippen molar-refractivity contribution in [3.63, 3.8) is 0 Å². The van der Waals surface area contributed by atoms with Crippen molar-refractivity contribution in [3.8, 4) is 11.5 Å². The lowest BCUT2D eigenvalue weighted by atomic mass is 10.2. The smallest absolute Gasteiger partial charge is 0.156 e. The van der Waals surface area contributed by atoms with Crippen LogP contribution in [0.3, 0.4) is 0 Å². The molecule has 4 heteroatoms. The lowest BCUT2D eigenvalue weighted by molar-refractivity contribution is 0.475. The molecule has 0 aliphatic carbocycles. The van der Waals surface area contributed by atoms with Gasteiger partial charge in [-0.3, -0.25) is 0 Å². The van der Waals surface area contributed by atoms with Crippen LogP contribution in [-0.4, -0.2) is 9.97 Å². The molecule has 0 saturated heterocycles. The molecule has 2 rings (SSSR count). The van der Waals surface area contributed by atoms with E-state index in [9.17, 15) is 0 Å². The number of aromatic nitrogens is 1. The zero-order valence-corrected chi connectivity index (χ0v) is 10.2. The monoisotopic (exact) mass is 244 g/mol. The Labute approximate surface area is 105 Å². The number of nitrogens with zero attached hydrogens (tertiary/aromatic N) is 1. The number of aryl methyl sites for hydroxylation is 1. The van der Waals surface area contributed by atoms with Crippen molar-refractivity contribution in [2.45, 2.75) is 6.92 Å². The van der Waals surface area contributed by atoms with Gasteiger partial charge in [0.15, 0.2) is 5.75 Å². The standard InChI is InChI=1S/C13H12N2OS/c1-9-5-2-3-6-10(9)16-11-7-4-8-15-12(11)13(14)17/h2-8H,1H3,(H2,14,17). The Balaban J connectivity index is 2.37. The lowest BCUT2D eigenvalue weighted by Crippen LogP contribution is -2.12. The Hall–Kier alpha value is -1.94. The van der Waals surface area contributed by atoms with Crippen molar-refractivity contribution in [1.82, 2.24) is 4.98 Å². The van der Waals surface area contributed by atoms with Gasteiger partial charge in [0.1, 0.15) is 16.4 Å². The van der Waals surface area contributed by atoms with Crippen LogP contribution in [0.1, 0.15) is 11.3 Å². The van der Waals surface area contributed by atoms with Gasteiger partial charge in [-0.2, -0.15) is 0 Å². The van der Waals surface area contributed by atoms with Gasteiger partial charge in [-0.1, -0.05) is 30.4 Å². The molecule has 2 aromatic rings. The quantitative estimate of drug-likeness (QED) is 0.843. The molecule has 1 aromatic heterocycles. The predicted octanol–water partition coefficient (Wildman–Crippen LogP) is 2.82. The van der Waals surface area contributed by atoms with Gasteiger partial charge < -0.3 is 10.5 Å². The van der Waals surface area contributed by atoms with Crippen LogP contribution >= 0.6 is 12.2 Å². The molecule has 0 aliphatic heterocycles. The van der Waals surface area contributed by atoms with E-state index in [1.165, 1.54) is 0 Å². The maximum Gasteiger partial charge on any atom is 0.156 e. The summed E-state index contributed by atoms with van der Waals surface area (Å²) in [6, 6.07) is 11.3. The fourth-order valence-corrected chi connectivity index (χ4v) is 1.60. The number of hydrogen-bond acceptors (Lipinski definition) is 3. The predicted molar refractivity (Wildman–Crippen MR) is 71.4 cm³/mol. The van der Waals surface area contributed by atoms with Gasteiger partial charge in [0, 0.05) is 6.20 Å². The van der Waals surface area contributed by atoms with Crippen molar-refractivity contribution >= 4 is 17.2 Å². The topological polar surface area (TPSA) is 48.1 Å². The third kappa shape index (κ3) is 2.60. The Morgan fingerprint density at radius 3 is 2.59 bits per heavy atom. The average Bonchev–Trinajstić information content (AvgIpc) is 2.32. The third-order valence-electron chi connectivity index (χ3n) is 2.32. The van der Waals surface area contributed by atoms with Gasteiger partial charge in [-0.05, 0) is 30.7 Å². The summed E-state index contributed by atoms with van der Waals surface area (Å²) in [4.78, 5) is 4.34. The SMILES string of the molecule is Cc1ccccc1Oc1cccnc1C(N)=S. The van der Waals surface area contributed by atoms with Crippen LogP contribution < -0.4 is 10.5 Å². The number of ether oxygens (including phenoxy) is 1. The highest BCUT2D eigenvalue weighted by atomic mass is 32.1. The Kier molecular flexibility index (Phi) is 3.35. The molecule has 0 unspecified atom stereocenters. The Morgan fingerprint density at radius 1 is 1.18 bits per heavy atom. The van der Waals surface area contributed by atoms with Gasteiger partial charge in [0.05, 0.1) is 0 Å². The first-order valence-corrected chi connectivity index (χ1v) is 5.57. The molecule has 2 N–H and O–H groups in total. The number of rotatable bonds is 3. The van der Waals surface area contributed by atoms with Crippen LogP contribution in [0.5, 0.6) is 11.5 Å². The molecule has 0 amide bonds. The van der Waals surface area contributed by atoms with Crippen LogP contribution in [0.4, 0.5) is 0 Å². The number of benzene rings is 1. The maximum absolute atomic E-state index is 5.77. The second-order valence-corrected chi connectivity index (χ2v) is 4.02. The maximum atomic E-state index is 5.77. The summed E-state index contributed by atoms with van der Waals surface area (Å²) in [5.74, 6) is 1.35. The average molecular weight is 244 g/mol. The fraction of sp³-hybridized carbons (Fsp3) is 0.0769. The van der Waals surface area contributed by atoms with Gasteiger partial charge in [0.25, 0.3) is 0 Å². The van der Waals surface area contributed by atoms with E-state index in [4.69, 9.17) is 22.7 Å². The Bertz CT molecular complexity index is 555. The second-order valence-electron chi connectivity index (χ2n) is 3.58. The van der Waals surface area contributed by atoms with Crippen molar-refractivity contribution in [2.24, 2.45) is 5.73 Å². The second kappa shape index (κ2) is 4.93. The molecule has 0 bridgehead atoms. The van der Waals surface area contributed by atoms with Crippen LogP contribution in [-0.2, 0) is 0 Å². The minimum Gasteiger partial charge on any atom is -0.455 e. The normalized spacial score (nSPS) is 9.94. The molecule has 0 atom stereocenters. The van der Waals surface area contributed by atoms with E-state index in [0.717, 1.165) is 11.3 Å². The summed E-state index contributed by atoms with van der Waals surface area (Å²) in [6.07, 6.45) is 1.64. The summed E-state index contributed by atoms with van der Waals surface area (Å²) < 4.78 is 5.77. The molecule has 17 heavy (non-hydrogen) atoms. The van der Waals surface area contributed by atoms with Crippen LogP contribution in [0.25, 0.3) is 0 Å². The zero-order chi connectivity index (χ0) is 12.3. The highest BCUT2D eigenvalue weighted by Crippen LogP contribution is 2.26. The first kappa shape index (κ1) is 11.5. The largest absolute Gasteiger partial charge is 0.455 e. The molecule has 3 nitrogen and oxygen atoms in total. The molecule has 1 heterocycles. The molecular formula is C13H12N2OS. The van der Waals surface area contributed by atoms with Gasteiger partial charge in [0.2, 0.25) is 0 Å². The number of pyridine rings is 1. The van der Waals surface area contributed by atoms with Crippen molar-refractivity contribution in [3.05, 3.63) is 53.9 Å². The van der Waals surface area contributed by atoms with Crippen molar-refractivity contribution in [2.75, 3.05) is 0 Å². The third-order valence-corrected chi connectivity index (χ3v) is 2.51. The molecular weight excluding hydrogens is 232 g/mol. The van der Waals surface area contributed by atoms with E-state index in [1.54, 1.807) is 18.3 Å². The zero-order valence-electron chi connectivity index (χ0n) is 9.38. The molecule has 1 aromatic carbocycles. The Morgan fingerprint density at radius 2 is 1.88 bits per heavy atom. The van der Waals surface area contributed by atoms with E-state index in [1.807, 2.05) is 31.2 Å². The first-order valence-electron chi connectivity index (χ1n) is 5.17. The lowest BCUT2D eigenvalue weighted by Gasteiger charge is -2.10. The minimum atomic E-state index is 0.231. The molecule has 0 spiro atoms. The number of hydrogen-bond donors (Lipinski definition) is 1. The summed E-state index contributed by atoms with van der Waals surface area (Å²) in [5, 5.41) is 0. The summed E-state index contributed by atoms with van der Waals surface area (Å²) >= 11 is 4.93. The summed E-state index contributed by atoms with van der Waals surface area (Å²) in [5.41, 5.74) is 7.15. The molecule has 0 fully saturated rings. The fourth-order valence-electron chi connectivity index (χ4n) is 1.45. The van der Waals surface area contributed by atoms with E-state index in [2.05, 4.69) is 4.98 Å². The molecule has 0 radical (unpaired) electrons. The van der Waals surface area contributed by atoms with Gasteiger partial charge >= 0.3 is 0 Å². The minimum absolute atomic E-state index is 0.231. The van der Waals surface area contributed by atoms with Crippen molar-refractivity contribution < 1.29 is 4.74 Å². The molecule has 0 saturated carbocycles. The number of thiocarbonyl (C=S) groups is 1. The summed E-state index contributed by atoms with van der Waals surface area (Å²) in [7, 11) is 0. The van der Waals surface area contributed by atoms with E-state index < -0.39 is 0 Å². The van der Waals surface area contributed by atoms with Gasteiger partial charge in [-0.15, -0.1) is 0 Å². The molecule has 86 valence electrons. The van der Waals surface area contributed by atoms with Crippen LogP contribution in [0.2, 0.25) is 0 Å². The first-order chi connectivity index (χ1) is 8.18. The van der Waals surface area contributed by atoms with Crippen molar-refractivity contribution in [1.29, 1.82) is 0 Å². The van der Waals surface area contributed by atoms with E-state index in [-0.39, 0.29) is 4.99 Å². The van der Waals surface area contributed by atoms with Gasteiger partial charge in [-0.25, -0.2) is 4.98 Å². The number of nitrogens with two attached hydrogens (primary N) is 1. The highest BCUT2D eigenvalue weighted by molar-refractivity contribution is 7.80. The van der Waals surface area contributed by atoms with E-state index >= 15 is 0 Å². The summed E-state index contributed by atoms with van der Waals surface area (Å²) in [6.45, 7) is 1.98. The van der Waals surface area contributed by atoms with E-state index in [0.29, 0.717) is 11.4 Å².